The third kappa shape index (κ3) is 3.14. The van der Waals surface area contributed by atoms with Gasteiger partial charge in [0.2, 0.25) is 5.91 Å². The third-order valence-corrected chi connectivity index (χ3v) is 4.92. The number of nitrogens with zero attached hydrogens (tertiary/aromatic N) is 5. The molecule has 0 bridgehead atoms. The van der Waals surface area contributed by atoms with E-state index in [4.69, 9.17) is 4.74 Å². The van der Waals surface area contributed by atoms with Gasteiger partial charge in [0.15, 0.2) is 0 Å². The summed E-state index contributed by atoms with van der Waals surface area (Å²) >= 11 is 0. The van der Waals surface area contributed by atoms with Gasteiger partial charge in [0, 0.05) is 31.6 Å². The first kappa shape index (κ1) is 16.6. The van der Waals surface area contributed by atoms with Gasteiger partial charge in [-0.05, 0) is 24.6 Å². The van der Waals surface area contributed by atoms with Crippen LogP contribution in [0.25, 0.3) is 0 Å². The van der Waals surface area contributed by atoms with Crippen molar-refractivity contribution in [3.63, 3.8) is 0 Å². The minimum atomic E-state index is -0.0110. The highest BCUT2D eigenvalue weighted by atomic mass is 16.5. The smallest absolute Gasteiger partial charge is 0.254 e. The summed E-state index contributed by atoms with van der Waals surface area (Å²) in [6, 6.07) is 7.29. The van der Waals surface area contributed by atoms with Crippen LogP contribution in [-0.2, 0) is 11.3 Å². The molecule has 0 aliphatic carbocycles. The molecule has 2 saturated heterocycles. The van der Waals surface area contributed by atoms with Crippen molar-refractivity contribution < 1.29 is 14.3 Å². The van der Waals surface area contributed by atoms with Crippen LogP contribution in [0.4, 0.5) is 0 Å². The number of rotatable bonds is 5. The molecule has 4 rings (SSSR count). The lowest BCUT2D eigenvalue weighted by Crippen LogP contribution is -2.50. The van der Waals surface area contributed by atoms with E-state index in [1.54, 1.807) is 28.8 Å². The number of hydrogen-bond acceptors (Lipinski definition) is 5. The fourth-order valence-electron chi connectivity index (χ4n) is 3.36. The summed E-state index contributed by atoms with van der Waals surface area (Å²) < 4.78 is 6.97. The van der Waals surface area contributed by atoms with Crippen molar-refractivity contribution in [1.82, 2.24) is 24.8 Å². The lowest BCUT2D eigenvalue weighted by molar-refractivity contribution is -0.128. The zero-order chi connectivity index (χ0) is 18.1. The van der Waals surface area contributed by atoms with E-state index in [1.807, 2.05) is 23.2 Å². The Morgan fingerprint density at radius 3 is 2.92 bits per heavy atom. The zero-order valence-corrected chi connectivity index (χ0v) is 14.7. The van der Waals surface area contributed by atoms with Crippen molar-refractivity contribution in [2.75, 3.05) is 26.7 Å². The highest BCUT2D eigenvalue weighted by Crippen LogP contribution is 2.24. The van der Waals surface area contributed by atoms with Gasteiger partial charge in [-0.1, -0.05) is 11.3 Å². The van der Waals surface area contributed by atoms with E-state index >= 15 is 0 Å². The number of ether oxygens (including phenoxy) is 1. The van der Waals surface area contributed by atoms with Crippen LogP contribution in [0.15, 0.2) is 30.5 Å². The maximum Gasteiger partial charge on any atom is 0.254 e. The second-order valence-corrected chi connectivity index (χ2v) is 6.70. The molecule has 0 N–H and O–H groups in total. The summed E-state index contributed by atoms with van der Waals surface area (Å²) in [5.41, 5.74) is 1.41. The topological polar surface area (TPSA) is 80.6 Å². The number of aromatic nitrogens is 3. The van der Waals surface area contributed by atoms with Crippen LogP contribution in [0.5, 0.6) is 5.75 Å². The first-order chi connectivity index (χ1) is 12.6. The normalized spacial score (nSPS) is 17.5. The Hall–Kier alpha value is -2.90. The second kappa shape index (κ2) is 6.78. The average molecular weight is 355 g/mol. The molecule has 8 nitrogen and oxygen atoms in total. The summed E-state index contributed by atoms with van der Waals surface area (Å²) in [6.07, 6.45) is 3.42. The summed E-state index contributed by atoms with van der Waals surface area (Å²) in [5, 5.41) is 8.34. The molecular weight excluding hydrogens is 334 g/mol. The van der Waals surface area contributed by atoms with E-state index in [1.165, 1.54) is 0 Å². The molecule has 0 unspecified atom stereocenters. The number of benzene rings is 1. The minimum absolute atomic E-state index is 0.0110. The van der Waals surface area contributed by atoms with Gasteiger partial charge in [-0.15, -0.1) is 5.10 Å². The Kier molecular flexibility index (Phi) is 4.32. The largest absolute Gasteiger partial charge is 0.497 e. The molecule has 2 fully saturated rings. The van der Waals surface area contributed by atoms with Gasteiger partial charge in [-0.25, -0.2) is 4.68 Å². The van der Waals surface area contributed by atoms with Crippen LogP contribution in [-0.4, -0.2) is 63.4 Å². The number of methoxy groups -OCH3 is 1. The molecule has 1 aromatic carbocycles. The second-order valence-electron chi connectivity index (χ2n) is 6.70. The Labute approximate surface area is 151 Å². The summed E-state index contributed by atoms with van der Waals surface area (Å²) in [5.74, 6) is 0.840. The molecule has 136 valence electrons. The summed E-state index contributed by atoms with van der Waals surface area (Å²) in [7, 11) is 1.58. The van der Waals surface area contributed by atoms with E-state index in [0.717, 1.165) is 18.7 Å². The first-order valence-electron chi connectivity index (χ1n) is 8.76. The van der Waals surface area contributed by atoms with E-state index in [0.29, 0.717) is 37.4 Å². The van der Waals surface area contributed by atoms with Gasteiger partial charge < -0.3 is 14.5 Å². The Balaban J connectivity index is 1.34. The number of carbonyl (C=O) groups is 2. The molecule has 2 aliphatic heterocycles. The maximum atomic E-state index is 12.5. The molecule has 0 atom stereocenters. The molecule has 2 amide bonds. The molecule has 2 aromatic rings. The van der Waals surface area contributed by atoms with E-state index in [-0.39, 0.29) is 17.9 Å². The monoisotopic (exact) mass is 355 g/mol. The number of likely N-dealkylation sites (tertiary alicyclic amines) is 2. The lowest BCUT2D eigenvalue weighted by Gasteiger charge is -2.38. The van der Waals surface area contributed by atoms with Crippen molar-refractivity contribution in [2.45, 2.75) is 25.4 Å². The van der Waals surface area contributed by atoms with Gasteiger partial charge in [0.1, 0.15) is 11.4 Å². The van der Waals surface area contributed by atoms with Gasteiger partial charge >= 0.3 is 0 Å². The molecule has 3 heterocycles. The van der Waals surface area contributed by atoms with E-state index in [9.17, 15) is 9.59 Å². The zero-order valence-electron chi connectivity index (χ0n) is 14.7. The van der Waals surface area contributed by atoms with Crippen molar-refractivity contribution >= 4 is 11.8 Å². The van der Waals surface area contributed by atoms with Crippen LogP contribution in [0.3, 0.4) is 0 Å². The molecule has 0 radical (unpaired) electrons. The van der Waals surface area contributed by atoms with Gasteiger partial charge in [0.05, 0.1) is 25.9 Å². The highest BCUT2D eigenvalue weighted by Gasteiger charge is 2.33. The third-order valence-electron chi connectivity index (χ3n) is 4.92. The Morgan fingerprint density at radius 2 is 2.19 bits per heavy atom. The van der Waals surface area contributed by atoms with Crippen LogP contribution in [0.1, 0.15) is 34.9 Å². The quantitative estimate of drug-likeness (QED) is 0.802. The molecule has 0 saturated carbocycles. The predicted octanol–water partition coefficient (Wildman–Crippen LogP) is 1.11. The Bertz CT molecular complexity index is 828. The first-order valence-corrected chi connectivity index (χ1v) is 8.76. The number of carbonyl (C=O) groups excluding carboxylic acids is 2. The summed E-state index contributed by atoms with van der Waals surface area (Å²) in [4.78, 5) is 27.8. The number of amides is 2. The highest BCUT2D eigenvalue weighted by molar-refractivity contribution is 5.95. The molecule has 1 aromatic heterocycles. The maximum absolute atomic E-state index is 12.5. The fourth-order valence-corrected chi connectivity index (χ4v) is 3.36. The molecule has 0 spiro atoms. The van der Waals surface area contributed by atoms with E-state index in [2.05, 4.69) is 10.3 Å². The minimum Gasteiger partial charge on any atom is -0.497 e. The van der Waals surface area contributed by atoms with Crippen molar-refractivity contribution in [1.29, 1.82) is 0 Å². The van der Waals surface area contributed by atoms with Crippen LogP contribution in [0, 0.1) is 0 Å². The standard InChI is InChI=1S/C18H21N5O3/c1-26-16-5-2-4-13(8-16)18(25)22-11-15(12-22)23-10-14(19-20-23)9-21-7-3-6-17(21)24/h2,4-5,8,10,15H,3,6-7,9,11-12H2,1H3. The van der Waals surface area contributed by atoms with Crippen LogP contribution in [0.2, 0.25) is 0 Å². The SMILES string of the molecule is COc1cccc(C(=O)N2CC(n3cc(CN4CCCC4=O)nn3)C2)c1. The van der Waals surface area contributed by atoms with Gasteiger partial charge in [-0.3, -0.25) is 9.59 Å². The lowest BCUT2D eigenvalue weighted by atomic mass is 10.1. The molecular formula is C18H21N5O3. The van der Waals surface area contributed by atoms with Crippen LogP contribution >= 0.6 is 0 Å². The van der Waals surface area contributed by atoms with Crippen molar-refractivity contribution in [3.05, 3.63) is 41.7 Å². The predicted molar refractivity (Wildman–Crippen MR) is 92.6 cm³/mol. The molecule has 8 heteroatoms. The average Bonchev–Trinajstić information content (AvgIpc) is 3.23. The summed E-state index contributed by atoms with van der Waals surface area (Å²) in [6.45, 7) is 2.50. The fraction of sp³-hybridized carbons (Fsp3) is 0.444. The van der Waals surface area contributed by atoms with Crippen molar-refractivity contribution in [3.8, 4) is 5.75 Å². The Morgan fingerprint density at radius 1 is 1.35 bits per heavy atom. The molecule has 26 heavy (non-hydrogen) atoms. The van der Waals surface area contributed by atoms with Gasteiger partial charge in [-0.2, -0.15) is 0 Å². The van der Waals surface area contributed by atoms with Gasteiger partial charge in [0.25, 0.3) is 5.91 Å². The molecule has 2 aliphatic rings. The van der Waals surface area contributed by atoms with E-state index < -0.39 is 0 Å². The van der Waals surface area contributed by atoms with Crippen LogP contribution < -0.4 is 4.74 Å². The van der Waals surface area contributed by atoms with Crippen molar-refractivity contribution in [2.24, 2.45) is 0 Å². The number of hydrogen-bond donors (Lipinski definition) is 0.